The van der Waals surface area contributed by atoms with Gasteiger partial charge in [0.05, 0.1) is 5.02 Å². The first-order chi connectivity index (χ1) is 14.5. The van der Waals surface area contributed by atoms with Crippen molar-refractivity contribution in [1.29, 1.82) is 0 Å². The van der Waals surface area contributed by atoms with Crippen molar-refractivity contribution in [3.05, 3.63) is 63.6 Å². The van der Waals surface area contributed by atoms with Crippen LogP contribution in [-0.2, 0) is 9.59 Å². The van der Waals surface area contributed by atoms with Crippen molar-refractivity contribution in [2.75, 3.05) is 23.4 Å². The molecule has 0 aliphatic carbocycles. The molecule has 0 bridgehead atoms. The van der Waals surface area contributed by atoms with E-state index in [-0.39, 0.29) is 18.4 Å². The molecule has 4 rings (SSSR count). The van der Waals surface area contributed by atoms with Gasteiger partial charge in [-0.2, -0.15) is 0 Å². The fraction of sp³-hybridized carbons (Fsp3) is 0.200. The zero-order valence-electron chi connectivity index (χ0n) is 15.5. The highest BCUT2D eigenvalue weighted by Gasteiger charge is 2.33. The number of amides is 2. The normalized spacial score (nSPS) is 16.0. The molecule has 2 heterocycles. The van der Waals surface area contributed by atoms with Crippen LogP contribution in [0.1, 0.15) is 17.3 Å². The predicted molar refractivity (Wildman–Crippen MR) is 117 cm³/mol. The number of aromatic nitrogens is 2. The van der Waals surface area contributed by atoms with E-state index in [1.54, 1.807) is 17.0 Å². The van der Waals surface area contributed by atoms with E-state index in [2.05, 4.69) is 15.5 Å². The average molecular weight is 463 g/mol. The molecule has 1 fully saturated rings. The largest absolute Gasteiger partial charge is 0.482 e. The van der Waals surface area contributed by atoms with Gasteiger partial charge in [0.2, 0.25) is 11.0 Å². The molecule has 154 valence electrons. The standard InChI is InChI=1S/C20H16Cl2N4O3S/c21-13-6-7-16(15(22)9-13)29-11-17(27)23-20-25-24-19(30-20)12-8-18(28)26(10-12)14-4-2-1-3-5-14/h1-7,9,12H,8,10-11H2,(H,23,25,27). The Morgan fingerprint density at radius 3 is 2.77 bits per heavy atom. The van der Waals surface area contributed by atoms with Gasteiger partial charge in [-0.05, 0) is 30.3 Å². The average Bonchev–Trinajstić information content (AvgIpc) is 3.34. The second-order valence-electron chi connectivity index (χ2n) is 6.60. The van der Waals surface area contributed by atoms with Crippen molar-refractivity contribution in [1.82, 2.24) is 10.2 Å². The Kier molecular flexibility index (Phi) is 6.17. The minimum absolute atomic E-state index is 0.0419. The highest BCUT2D eigenvalue weighted by Crippen LogP contribution is 2.34. The van der Waals surface area contributed by atoms with E-state index < -0.39 is 5.91 Å². The summed E-state index contributed by atoms with van der Waals surface area (Å²) in [5.74, 6) is -0.0537. The lowest BCUT2D eigenvalue weighted by Crippen LogP contribution is -2.24. The Balaban J connectivity index is 1.34. The summed E-state index contributed by atoms with van der Waals surface area (Å²) in [6, 6.07) is 14.3. The smallest absolute Gasteiger partial charge is 0.264 e. The van der Waals surface area contributed by atoms with Crippen LogP contribution < -0.4 is 15.0 Å². The van der Waals surface area contributed by atoms with Crippen molar-refractivity contribution in [3.8, 4) is 5.75 Å². The third-order valence-corrected chi connectivity index (χ3v) is 6.01. The summed E-state index contributed by atoms with van der Waals surface area (Å²) in [6.07, 6.45) is 0.357. The maximum atomic E-state index is 12.4. The van der Waals surface area contributed by atoms with E-state index in [9.17, 15) is 9.59 Å². The summed E-state index contributed by atoms with van der Waals surface area (Å²) in [5, 5.41) is 12.7. The van der Waals surface area contributed by atoms with Crippen LogP contribution in [-0.4, -0.2) is 35.2 Å². The SMILES string of the molecule is O=C(COc1ccc(Cl)cc1Cl)Nc1nnc(C2CC(=O)N(c3ccccc3)C2)s1. The summed E-state index contributed by atoms with van der Waals surface area (Å²) in [4.78, 5) is 26.3. The van der Waals surface area contributed by atoms with Gasteiger partial charge in [0.15, 0.2) is 6.61 Å². The van der Waals surface area contributed by atoms with E-state index >= 15 is 0 Å². The molecular weight excluding hydrogens is 447 g/mol. The molecule has 1 aliphatic rings. The number of rotatable bonds is 6. The topological polar surface area (TPSA) is 84.4 Å². The minimum Gasteiger partial charge on any atom is -0.482 e. The van der Waals surface area contributed by atoms with E-state index in [1.165, 1.54) is 17.4 Å². The highest BCUT2D eigenvalue weighted by molar-refractivity contribution is 7.15. The molecule has 1 saturated heterocycles. The van der Waals surface area contributed by atoms with Gasteiger partial charge < -0.3 is 9.64 Å². The number of carbonyl (C=O) groups excluding carboxylic acids is 2. The van der Waals surface area contributed by atoms with Crippen molar-refractivity contribution >= 4 is 57.2 Å². The van der Waals surface area contributed by atoms with Crippen LogP contribution in [0.25, 0.3) is 0 Å². The third kappa shape index (κ3) is 4.72. The molecule has 0 radical (unpaired) electrons. The first kappa shape index (κ1) is 20.6. The third-order valence-electron chi connectivity index (χ3n) is 4.48. The summed E-state index contributed by atoms with van der Waals surface area (Å²) in [6.45, 7) is 0.295. The summed E-state index contributed by atoms with van der Waals surface area (Å²) >= 11 is 13.1. The fourth-order valence-corrected chi connectivity index (χ4v) is 4.39. The Labute approximate surface area is 186 Å². The van der Waals surface area contributed by atoms with Crippen molar-refractivity contribution in [2.45, 2.75) is 12.3 Å². The quantitative estimate of drug-likeness (QED) is 0.587. The van der Waals surface area contributed by atoms with Gasteiger partial charge in [0, 0.05) is 29.6 Å². The van der Waals surface area contributed by atoms with Gasteiger partial charge >= 0.3 is 0 Å². The van der Waals surface area contributed by atoms with Gasteiger partial charge in [-0.15, -0.1) is 10.2 Å². The van der Waals surface area contributed by atoms with E-state index in [0.717, 1.165) is 5.69 Å². The molecule has 1 aromatic heterocycles. The Morgan fingerprint density at radius 2 is 2.00 bits per heavy atom. The van der Waals surface area contributed by atoms with Gasteiger partial charge in [0.1, 0.15) is 10.8 Å². The Morgan fingerprint density at radius 1 is 1.20 bits per heavy atom. The van der Waals surface area contributed by atoms with Crippen LogP contribution in [0.4, 0.5) is 10.8 Å². The number of hydrogen-bond donors (Lipinski definition) is 1. The first-order valence-electron chi connectivity index (χ1n) is 9.06. The molecule has 3 aromatic rings. The number of halogens is 2. The van der Waals surface area contributed by atoms with Crippen LogP contribution >= 0.6 is 34.5 Å². The number of anilines is 2. The molecule has 1 N–H and O–H groups in total. The number of hydrogen-bond acceptors (Lipinski definition) is 6. The van der Waals surface area contributed by atoms with Crippen LogP contribution in [0.15, 0.2) is 48.5 Å². The first-order valence-corrected chi connectivity index (χ1v) is 10.6. The molecule has 10 heteroatoms. The van der Waals surface area contributed by atoms with Gasteiger partial charge in [0.25, 0.3) is 5.91 Å². The van der Waals surface area contributed by atoms with Crippen LogP contribution in [0, 0.1) is 0 Å². The predicted octanol–water partition coefficient (Wildman–Crippen LogP) is 4.38. The molecule has 2 aromatic carbocycles. The second-order valence-corrected chi connectivity index (χ2v) is 8.45. The summed E-state index contributed by atoms with van der Waals surface area (Å²) < 4.78 is 5.41. The maximum Gasteiger partial charge on any atom is 0.264 e. The maximum absolute atomic E-state index is 12.4. The molecule has 7 nitrogen and oxygen atoms in total. The lowest BCUT2D eigenvalue weighted by Gasteiger charge is -2.15. The van der Waals surface area contributed by atoms with Gasteiger partial charge in [-0.3, -0.25) is 14.9 Å². The van der Waals surface area contributed by atoms with Crippen LogP contribution in [0.3, 0.4) is 0 Å². The highest BCUT2D eigenvalue weighted by atomic mass is 35.5. The number of nitrogens with zero attached hydrogens (tertiary/aromatic N) is 3. The molecule has 2 amide bonds. The Bertz CT molecular complexity index is 1080. The zero-order valence-corrected chi connectivity index (χ0v) is 17.9. The van der Waals surface area contributed by atoms with E-state index in [1.807, 2.05) is 30.3 Å². The molecule has 0 saturated carbocycles. The zero-order chi connectivity index (χ0) is 21.1. The van der Waals surface area contributed by atoms with Gasteiger partial charge in [-0.25, -0.2) is 0 Å². The monoisotopic (exact) mass is 462 g/mol. The number of ether oxygens (including phenoxy) is 1. The molecule has 1 unspecified atom stereocenters. The van der Waals surface area contributed by atoms with Crippen molar-refractivity contribution < 1.29 is 14.3 Å². The molecule has 1 aliphatic heterocycles. The number of nitrogens with one attached hydrogen (secondary N) is 1. The minimum atomic E-state index is -0.392. The van der Waals surface area contributed by atoms with Crippen LogP contribution in [0.5, 0.6) is 5.75 Å². The summed E-state index contributed by atoms with van der Waals surface area (Å²) in [7, 11) is 0. The van der Waals surface area contributed by atoms with Gasteiger partial charge in [-0.1, -0.05) is 52.7 Å². The molecule has 0 spiro atoms. The Hall–Kier alpha value is -2.68. The second kappa shape index (κ2) is 8.99. The number of benzene rings is 2. The lowest BCUT2D eigenvalue weighted by atomic mass is 10.1. The van der Waals surface area contributed by atoms with Crippen LogP contribution in [0.2, 0.25) is 10.0 Å². The molecular formula is C20H16Cl2N4O3S. The summed E-state index contributed by atoms with van der Waals surface area (Å²) in [5.41, 5.74) is 0.862. The van der Waals surface area contributed by atoms with Crippen molar-refractivity contribution in [3.63, 3.8) is 0 Å². The van der Waals surface area contributed by atoms with Crippen molar-refractivity contribution in [2.24, 2.45) is 0 Å². The number of para-hydroxylation sites is 1. The molecule has 30 heavy (non-hydrogen) atoms. The molecule has 1 atom stereocenters. The van der Waals surface area contributed by atoms with E-state index in [4.69, 9.17) is 27.9 Å². The lowest BCUT2D eigenvalue weighted by molar-refractivity contribution is -0.118. The number of carbonyl (C=O) groups is 2. The fourth-order valence-electron chi connectivity index (χ4n) is 3.07. The van der Waals surface area contributed by atoms with E-state index in [0.29, 0.717) is 38.9 Å².